The normalized spacial score (nSPS) is 18.7. The maximum Gasteiger partial charge on any atom is 0.324 e. The lowest BCUT2D eigenvalue weighted by molar-refractivity contribution is -0.0188. The van der Waals surface area contributed by atoms with Crippen LogP contribution in [0.4, 0.5) is 0 Å². The molecule has 0 fully saturated rings. The molecule has 0 aliphatic heterocycles. The van der Waals surface area contributed by atoms with Crippen molar-refractivity contribution in [2.75, 3.05) is 0 Å². The molecule has 17 heavy (non-hydrogen) atoms. The molecule has 0 saturated carbocycles. The molecule has 0 saturated heterocycles. The fourth-order valence-corrected chi connectivity index (χ4v) is 2.79. The van der Waals surface area contributed by atoms with Crippen LogP contribution in [0, 0.1) is 0 Å². The Labute approximate surface area is 102 Å². The number of aliphatic hydroxyl groups excluding tert-OH is 1. The molecule has 1 N–H and O–H groups in total. The van der Waals surface area contributed by atoms with Crippen molar-refractivity contribution in [3.05, 3.63) is 40.9 Å². The van der Waals surface area contributed by atoms with Crippen LogP contribution in [0.1, 0.15) is 17.2 Å². The van der Waals surface area contributed by atoms with E-state index in [-0.39, 0.29) is 10.6 Å². The molecule has 1 aliphatic rings. The van der Waals surface area contributed by atoms with E-state index in [0.29, 0.717) is 11.1 Å². The van der Waals surface area contributed by atoms with Crippen LogP contribution in [0.5, 0.6) is 0 Å². The van der Waals surface area contributed by atoms with Crippen LogP contribution < -0.4 is 0 Å². The summed E-state index contributed by atoms with van der Waals surface area (Å²) in [7, 11) is 1.41. The molecule has 1 aliphatic carbocycles. The van der Waals surface area contributed by atoms with Crippen LogP contribution in [-0.4, -0.2) is 24.0 Å². The molecule has 2 rings (SSSR count). The van der Waals surface area contributed by atoms with Gasteiger partial charge in [0.1, 0.15) is 0 Å². The summed E-state index contributed by atoms with van der Waals surface area (Å²) >= 11 is 0. The van der Waals surface area contributed by atoms with Gasteiger partial charge < -0.3 is 10.6 Å². The van der Waals surface area contributed by atoms with Gasteiger partial charge in [-0.1, -0.05) is 12.1 Å². The van der Waals surface area contributed by atoms with Gasteiger partial charge in [0, 0.05) is 27.9 Å². The lowest BCUT2D eigenvalue weighted by Gasteiger charge is -2.15. The van der Waals surface area contributed by atoms with Crippen molar-refractivity contribution < 1.29 is 18.3 Å². The second-order valence-corrected chi connectivity index (χ2v) is 5.99. The van der Waals surface area contributed by atoms with Gasteiger partial charge in [0.2, 0.25) is 0 Å². The Morgan fingerprint density at radius 2 is 2.06 bits per heavy atom. The third-order valence-corrected chi connectivity index (χ3v) is 3.85. The van der Waals surface area contributed by atoms with E-state index in [1.807, 2.05) is 0 Å². The zero-order chi connectivity index (χ0) is 12.6. The minimum Gasteiger partial charge on any atom is -0.376 e. The predicted octanol–water partition coefficient (Wildman–Crippen LogP) is 1.35. The van der Waals surface area contributed by atoms with Crippen LogP contribution in [-0.2, 0) is 9.05 Å². The zero-order valence-corrected chi connectivity index (χ0v) is 9.98. The average Bonchev–Trinajstić information content (AvgIpc) is 2.28. The summed E-state index contributed by atoms with van der Waals surface area (Å²) in [6, 6.07) is 4.35. The predicted molar refractivity (Wildman–Crippen MR) is 62.1 cm³/mol. The monoisotopic (exact) mass is 270 g/mol. The smallest absolute Gasteiger partial charge is 0.324 e. The highest BCUT2D eigenvalue weighted by atomic mass is 35.7. The van der Waals surface area contributed by atoms with Crippen molar-refractivity contribution in [2.45, 2.75) is 11.0 Å². The van der Waals surface area contributed by atoms with Gasteiger partial charge in [0.25, 0.3) is 9.05 Å². The number of halogens is 1. The topological polar surface area (TPSA) is 90.8 Å². The number of nitrogens with zero attached hydrogens (tertiary/aromatic N) is 2. The first-order valence-corrected chi connectivity index (χ1v) is 6.91. The first kappa shape index (κ1) is 12.0. The van der Waals surface area contributed by atoms with Gasteiger partial charge in [-0.25, -0.2) is 8.42 Å². The van der Waals surface area contributed by atoms with Gasteiger partial charge in [-0.3, -0.25) is 0 Å². The second kappa shape index (κ2) is 4.09. The van der Waals surface area contributed by atoms with Crippen LogP contribution in [0.15, 0.2) is 29.2 Å². The SMILES string of the molecule is [N-]=[N+]=C1C=Cc2c(cccc2S(=O)(=O)Cl)C1O. The van der Waals surface area contributed by atoms with E-state index in [2.05, 4.69) is 4.79 Å². The average molecular weight is 271 g/mol. The Hall–Kier alpha value is -1.46. The maximum absolute atomic E-state index is 11.3. The summed E-state index contributed by atoms with van der Waals surface area (Å²) in [4.78, 5) is 2.84. The molecule has 0 heterocycles. The Bertz CT molecular complexity index is 660. The van der Waals surface area contributed by atoms with Gasteiger partial charge in [-0.05, 0) is 12.1 Å². The van der Waals surface area contributed by atoms with E-state index in [9.17, 15) is 13.5 Å². The Morgan fingerprint density at radius 3 is 2.65 bits per heavy atom. The van der Waals surface area contributed by atoms with Gasteiger partial charge in [0.05, 0.1) is 4.90 Å². The van der Waals surface area contributed by atoms with Gasteiger partial charge in [0.15, 0.2) is 6.10 Å². The molecule has 0 radical (unpaired) electrons. The number of hydrogen-bond acceptors (Lipinski definition) is 3. The van der Waals surface area contributed by atoms with E-state index >= 15 is 0 Å². The number of rotatable bonds is 1. The van der Waals surface area contributed by atoms with E-state index in [0.717, 1.165) is 0 Å². The number of benzene rings is 1. The maximum atomic E-state index is 11.3. The molecule has 5 nitrogen and oxygen atoms in total. The summed E-state index contributed by atoms with van der Waals surface area (Å²) in [6.07, 6.45) is 1.60. The second-order valence-electron chi connectivity index (χ2n) is 3.46. The summed E-state index contributed by atoms with van der Waals surface area (Å²) in [5, 5.41) is 9.83. The fourth-order valence-electron chi connectivity index (χ4n) is 1.70. The molecular formula is C10H7ClN2O3S. The molecule has 88 valence electrons. The van der Waals surface area contributed by atoms with Gasteiger partial charge >= 0.3 is 5.71 Å². The van der Waals surface area contributed by atoms with Crippen LogP contribution >= 0.6 is 10.7 Å². The molecule has 0 bridgehead atoms. The van der Waals surface area contributed by atoms with Crippen LogP contribution in [0.25, 0.3) is 11.6 Å². The number of aliphatic hydroxyl groups is 1. The zero-order valence-electron chi connectivity index (χ0n) is 8.41. The summed E-state index contributed by atoms with van der Waals surface area (Å²) < 4.78 is 22.7. The van der Waals surface area contributed by atoms with E-state index in [1.165, 1.54) is 24.3 Å². The highest BCUT2D eigenvalue weighted by Crippen LogP contribution is 2.31. The highest BCUT2D eigenvalue weighted by Gasteiger charge is 2.29. The lowest BCUT2D eigenvalue weighted by Crippen LogP contribution is -2.16. The number of hydrogen-bond donors (Lipinski definition) is 1. The Morgan fingerprint density at radius 1 is 1.35 bits per heavy atom. The standard InChI is InChI=1S/C10H7ClN2O3S/c11-17(15,16)9-3-1-2-7-6(9)4-5-8(13-12)10(7)14/h1-5,10,14H. The van der Waals surface area contributed by atoms with Crippen molar-refractivity contribution in [2.24, 2.45) is 0 Å². The Kier molecular flexibility index (Phi) is 2.89. The molecule has 1 atom stereocenters. The van der Waals surface area contributed by atoms with E-state index in [4.69, 9.17) is 16.2 Å². The first-order chi connectivity index (χ1) is 7.95. The van der Waals surface area contributed by atoms with Crippen molar-refractivity contribution in [1.82, 2.24) is 0 Å². The highest BCUT2D eigenvalue weighted by molar-refractivity contribution is 8.13. The summed E-state index contributed by atoms with van der Waals surface area (Å²) in [5.74, 6) is 0. The molecular weight excluding hydrogens is 264 g/mol. The molecule has 0 amide bonds. The quantitative estimate of drug-likeness (QED) is 0.474. The molecule has 1 aromatic rings. The molecule has 0 spiro atoms. The summed E-state index contributed by atoms with van der Waals surface area (Å²) in [6.45, 7) is 0. The minimum absolute atomic E-state index is 0.0432. The van der Waals surface area contributed by atoms with Crippen molar-refractivity contribution in [3.8, 4) is 0 Å². The van der Waals surface area contributed by atoms with Crippen LogP contribution in [0.2, 0.25) is 0 Å². The summed E-state index contributed by atoms with van der Waals surface area (Å²) in [5.41, 5.74) is 9.33. The first-order valence-electron chi connectivity index (χ1n) is 4.61. The molecule has 7 heteroatoms. The van der Waals surface area contributed by atoms with Crippen molar-refractivity contribution in [1.29, 1.82) is 0 Å². The molecule has 0 aromatic heterocycles. The lowest BCUT2D eigenvalue weighted by atomic mass is 9.93. The van der Waals surface area contributed by atoms with E-state index < -0.39 is 15.2 Å². The largest absolute Gasteiger partial charge is 0.376 e. The molecule has 1 aromatic carbocycles. The molecule has 1 unspecified atom stereocenters. The third-order valence-electron chi connectivity index (χ3n) is 2.47. The number of fused-ring (bicyclic) bond motifs is 1. The third kappa shape index (κ3) is 2.03. The van der Waals surface area contributed by atoms with Gasteiger partial charge in [-0.15, -0.1) is 0 Å². The minimum atomic E-state index is -3.88. The van der Waals surface area contributed by atoms with Crippen LogP contribution in [0.3, 0.4) is 0 Å². The van der Waals surface area contributed by atoms with E-state index in [1.54, 1.807) is 6.07 Å². The Balaban J connectivity index is 2.75. The van der Waals surface area contributed by atoms with Crippen molar-refractivity contribution >= 4 is 31.5 Å². The van der Waals surface area contributed by atoms with Crippen molar-refractivity contribution in [3.63, 3.8) is 0 Å². The van der Waals surface area contributed by atoms with Gasteiger partial charge in [-0.2, -0.15) is 4.79 Å². The fraction of sp³-hybridized carbons (Fsp3) is 0.100.